The molecule has 0 unspecified atom stereocenters. The van der Waals surface area contributed by atoms with Gasteiger partial charge in [0.2, 0.25) is 10.0 Å². The quantitative estimate of drug-likeness (QED) is 0.562. The maximum Gasteiger partial charge on any atom is 0.240 e. The lowest BCUT2D eigenvalue weighted by Gasteiger charge is -2.11. The molecular formula is C19H24BrNO4S. The predicted octanol–water partition coefficient (Wildman–Crippen LogP) is 4.16. The van der Waals surface area contributed by atoms with E-state index in [-0.39, 0.29) is 11.4 Å². The molecule has 0 fully saturated rings. The van der Waals surface area contributed by atoms with Gasteiger partial charge in [0.15, 0.2) is 0 Å². The average Bonchev–Trinajstić information content (AvgIpc) is 2.62. The fourth-order valence-corrected chi connectivity index (χ4v) is 3.84. The maximum atomic E-state index is 12.4. The van der Waals surface area contributed by atoms with Crippen LogP contribution in [0, 0.1) is 0 Å². The minimum Gasteiger partial charge on any atom is -0.496 e. The lowest BCUT2D eigenvalue weighted by molar-refractivity contribution is 0.309. The second-order valence-corrected chi connectivity index (χ2v) is 8.46. The fourth-order valence-electron chi connectivity index (χ4n) is 2.40. The number of hydrogen-bond acceptors (Lipinski definition) is 4. The van der Waals surface area contributed by atoms with Crippen LogP contribution in [-0.4, -0.2) is 28.7 Å². The largest absolute Gasteiger partial charge is 0.496 e. The van der Waals surface area contributed by atoms with Crippen LogP contribution in [0.15, 0.2) is 51.8 Å². The maximum absolute atomic E-state index is 12.4. The molecule has 0 atom stereocenters. The Kier molecular flexibility index (Phi) is 7.93. The van der Waals surface area contributed by atoms with Crippen LogP contribution in [0.3, 0.4) is 0 Å². The molecule has 0 radical (unpaired) electrons. The molecule has 0 aromatic heterocycles. The van der Waals surface area contributed by atoms with E-state index in [0.717, 1.165) is 28.6 Å². The van der Waals surface area contributed by atoms with Crippen molar-refractivity contribution in [2.24, 2.45) is 0 Å². The molecule has 7 heteroatoms. The second kappa shape index (κ2) is 9.94. The van der Waals surface area contributed by atoms with Crippen LogP contribution < -0.4 is 14.2 Å². The molecule has 2 aromatic rings. The molecular weight excluding hydrogens is 418 g/mol. The van der Waals surface area contributed by atoms with Gasteiger partial charge in [0.1, 0.15) is 11.5 Å². The minimum absolute atomic E-state index is 0.224. The summed E-state index contributed by atoms with van der Waals surface area (Å²) in [5.41, 5.74) is 0.934. The Morgan fingerprint density at radius 1 is 1.12 bits per heavy atom. The highest BCUT2D eigenvalue weighted by molar-refractivity contribution is 9.10. The minimum atomic E-state index is -3.56. The molecule has 5 nitrogen and oxygen atoms in total. The third-order valence-corrected chi connectivity index (χ3v) is 5.80. The van der Waals surface area contributed by atoms with Crippen molar-refractivity contribution >= 4 is 26.0 Å². The Bertz CT molecular complexity index is 807. The molecule has 0 heterocycles. The summed E-state index contributed by atoms with van der Waals surface area (Å²) < 4.78 is 39.3. The fraction of sp³-hybridized carbons (Fsp3) is 0.368. The first kappa shape index (κ1) is 20.7. The Balaban J connectivity index is 1.95. The summed E-state index contributed by atoms with van der Waals surface area (Å²) >= 11 is 3.42. The lowest BCUT2D eigenvalue weighted by Crippen LogP contribution is -2.26. The molecule has 0 saturated carbocycles. The zero-order valence-electron chi connectivity index (χ0n) is 15.0. The number of nitrogens with one attached hydrogen (secondary N) is 1. The summed E-state index contributed by atoms with van der Waals surface area (Å²) in [6, 6.07) is 12.1. The number of benzene rings is 2. The van der Waals surface area contributed by atoms with E-state index >= 15 is 0 Å². The van der Waals surface area contributed by atoms with Gasteiger partial charge in [-0.25, -0.2) is 13.1 Å². The van der Waals surface area contributed by atoms with Crippen LogP contribution in [0.25, 0.3) is 0 Å². The SMILES string of the molecule is CCCCOc1ccc(S(=O)(=O)NCCc2cc(Br)ccc2OC)cc1. The number of halogens is 1. The van der Waals surface area contributed by atoms with Crippen molar-refractivity contribution in [3.63, 3.8) is 0 Å². The average molecular weight is 442 g/mol. The van der Waals surface area contributed by atoms with Crippen molar-refractivity contribution in [1.82, 2.24) is 4.72 Å². The summed E-state index contributed by atoms with van der Waals surface area (Å²) in [6.07, 6.45) is 2.56. The van der Waals surface area contributed by atoms with Crippen molar-refractivity contribution in [1.29, 1.82) is 0 Å². The van der Waals surface area contributed by atoms with Gasteiger partial charge in [-0.05, 0) is 60.9 Å². The predicted molar refractivity (Wildman–Crippen MR) is 106 cm³/mol. The summed E-state index contributed by atoms with van der Waals surface area (Å²) in [6.45, 7) is 3.01. The third kappa shape index (κ3) is 6.00. The van der Waals surface area contributed by atoms with Gasteiger partial charge in [0, 0.05) is 11.0 Å². The number of unbranched alkanes of at least 4 members (excludes halogenated alkanes) is 1. The monoisotopic (exact) mass is 441 g/mol. The third-order valence-electron chi connectivity index (χ3n) is 3.83. The van der Waals surface area contributed by atoms with Crippen LogP contribution in [0.2, 0.25) is 0 Å². The summed E-state index contributed by atoms with van der Waals surface area (Å²) in [5.74, 6) is 1.41. The number of hydrogen-bond donors (Lipinski definition) is 1. The van der Waals surface area contributed by atoms with Crippen molar-refractivity contribution in [2.75, 3.05) is 20.3 Å². The van der Waals surface area contributed by atoms with Gasteiger partial charge in [-0.3, -0.25) is 0 Å². The van der Waals surface area contributed by atoms with Gasteiger partial charge in [0.05, 0.1) is 18.6 Å². The van der Waals surface area contributed by atoms with Gasteiger partial charge in [0.25, 0.3) is 0 Å². The van der Waals surface area contributed by atoms with Gasteiger partial charge in [-0.15, -0.1) is 0 Å². The topological polar surface area (TPSA) is 64.6 Å². The van der Waals surface area contributed by atoms with Crippen LogP contribution in [0.5, 0.6) is 11.5 Å². The van der Waals surface area contributed by atoms with Crippen molar-refractivity contribution in [2.45, 2.75) is 31.1 Å². The number of ether oxygens (including phenoxy) is 2. The van der Waals surface area contributed by atoms with Gasteiger partial charge < -0.3 is 9.47 Å². The van der Waals surface area contributed by atoms with E-state index in [0.29, 0.717) is 18.8 Å². The molecule has 142 valence electrons. The Hall–Kier alpha value is -1.57. The Morgan fingerprint density at radius 2 is 1.85 bits per heavy atom. The molecule has 26 heavy (non-hydrogen) atoms. The van der Waals surface area contributed by atoms with E-state index in [1.54, 1.807) is 31.4 Å². The molecule has 0 spiro atoms. The normalized spacial score (nSPS) is 11.3. The van der Waals surface area contributed by atoms with Crippen LogP contribution in [0.1, 0.15) is 25.3 Å². The zero-order valence-corrected chi connectivity index (χ0v) is 17.4. The highest BCUT2D eigenvalue weighted by atomic mass is 79.9. The first-order chi connectivity index (χ1) is 12.5. The number of rotatable bonds is 10. The molecule has 2 aromatic carbocycles. The molecule has 0 amide bonds. The van der Waals surface area contributed by atoms with E-state index in [9.17, 15) is 8.42 Å². The van der Waals surface area contributed by atoms with Gasteiger partial charge in [-0.1, -0.05) is 29.3 Å². The van der Waals surface area contributed by atoms with Crippen LogP contribution >= 0.6 is 15.9 Å². The zero-order chi connectivity index (χ0) is 19.0. The van der Waals surface area contributed by atoms with E-state index in [2.05, 4.69) is 27.6 Å². The summed E-state index contributed by atoms with van der Waals surface area (Å²) in [7, 11) is -1.96. The van der Waals surface area contributed by atoms with Crippen molar-refractivity contribution < 1.29 is 17.9 Å². The van der Waals surface area contributed by atoms with E-state index in [1.165, 1.54) is 0 Å². The molecule has 0 bridgehead atoms. The second-order valence-electron chi connectivity index (χ2n) is 5.78. The van der Waals surface area contributed by atoms with Crippen molar-refractivity contribution in [3.8, 4) is 11.5 Å². The molecule has 0 aliphatic carbocycles. The van der Waals surface area contributed by atoms with Crippen LogP contribution in [-0.2, 0) is 16.4 Å². The van der Waals surface area contributed by atoms with Gasteiger partial charge in [-0.2, -0.15) is 0 Å². The van der Waals surface area contributed by atoms with E-state index in [4.69, 9.17) is 9.47 Å². The highest BCUT2D eigenvalue weighted by Gasteiger charge is 2.14. The summed E-state index contributed by atoms with van der Waals surface area (Å²) in [5, 5.41) is 0. The first-order valence-electron chi connectivity index (χ1n) is 8.51. The lowest BCUT2D eigenvalue weighted by atomic mass is 10.1. The van der Waals surface area contributed by atoms with Gasteiger partial charge >= 0.3 is 0 Å². The smallest absolute Gasteiger partial charge is 0.240 e. The molecule has 1 N–H and O–H groups in total. The molecule has 0 saturated heterocycles. The standard InChI is InChI=1S/C19H24BrNO4S/c1-3-4-13-25-17-6-8-18(9-7-17)26(22,23)21-12-11-15-14-16(20)5-10-19(15)24-2/h5-10,14,21H,3-4,11-13H2,1-2H3. The molecule has 0 aliphatic heterocycles. The first-order valence-corrected chi connectivity index (χ1v) is 10.8. The van der Waals surface area contributed by atoms with E-state index < -0.39 is 10.0 Å². The van der Waals surface area contributed by atoms with Crippen molar-refractivity contribution in [3.05, 3.63) is 52.5 Å². The summed E-state index contributed by atoms with van der Waals surface area (Å²) in [4.78, 5) is 0.224. The molecule has 2 rings (SSSR count). The molecule has 0 aliphatic rings. The van der Waals surface area contributed by atoms with Crippen LogP contribution in [0.4, 0.5) is 0 Å². The Morgan fingerprint density at radius 3 is 2.50 bits per heavy atom. The highest BCUT2D eigenvalue weighted by Crippen LogP contribution is 2.23. The van der Waals surface area contributed by atoms with E-state index in [1.807, 2.05) is 18.2 Å². The number of sulfonamides is 1. The number of methoxy groups -OCH3 is 1. The Labute approximate surface area is 163 Å².